The number of halogens is 8. The van der Waals surface area contributed by atoms with E-state index in [1.54, 1.807) is 0 Å². The van der Waals surface area contributed by atoms with Gasteiger partial charge in [0, 0.05) is 10.9 Å². The van der Waals surface area contributed by atoms with Gasteiger partial charge in [0.05, 0.1) is 0 Å². The van der Waals surface area contributed by atoms with Crippen molar-refractivity contribution in [3.05, 3.63) is 0 Å². The maximum atomic E-state index is 15.3. The van der Waals surface area contributed by atoms with E-state index in [0.29, 0.717) is 0 Å². The molecule has 0 aromatic rings. The smallest absolute Gasteiger partial charge is 0.327 e. The highest BCUT2D eigenvalue weighted by Gasteiger charge is 2.89. The molecule has 1 aliphatic rings. The molecule has 0 saturated carbocycles. The number of ether oxygens (including phenoxy) is 2. The van der Waals surface area contributed by atoms with Crippen LogP contribution in [0.3, 0.4) is 0 Å². The van der Waals surface area contributed by atoms with Crippen LogP contribution in [0, 0.1) is 5.41 Å². The van der Waals surface area contributed by atoms with Crippen LogP contribution in [-0.4, -0.2) is 42.6 Å². The van der Waals surface area contributed by atoms with E-state index >= 15 is 8.78 Å². The summed E-state index contributed by atoms with van der Waals surface area (Å²) in [5.74, 6) is -13.8. The van der Waals surface area contributed by atoms with Gasteiger partial charge in [-0.05, 0) is 6.92 Å². The highest BCUT2D eigenvalue weighted by molar-refractivity contribution is 6.38. The van der Waals surface area contributed by atoms with Crippen LogP contribution in [0.4, 0.5) is 35.1 Å². The molecule has 3 unspecified atom stereocenters. The topological polar surface area (TPSA) is 44.5 Å². The first-order chi connectivity index (χ1) is 10.2. The van der Waals surface area contributed by atoms with Crippen LogP contribution in [0.2, 0.25) is 6.82 Å². The number of hydrogen-bond acceptors (Lipinski definition) is 3. The summed E-state index contributed by atoms with van der Waals surface area (Å²) < 4.78 is 117. The van der Waals surface area contributed by atoms with Gasteiger partial charge in [-0.2, -0.15) is 26.3 Å². The molecule has 1 heterocycles. The molecule has 3 nitrogen and oxygen atoms in total. The number of rotatable bonds is 2. The van der Waals surface area contributed by atoms with Crippen molar-refractivity contribution in [3.63, 3.8) is 0 Å². The zero-order chi connectivity index (χ0) is 19.6. The molecule has 1 fully saturated rings. The standard InChI is InChI=1S/C12H18BF8NO2/c1-6(2,3)8(14)9(15,7(4,22)13-5)24-10(23-8,11(16,17)18)12(19,20)21/h13H,22H2,1-5H3. The van der Waals surface area contributed by atoms with Gasteiger partial charge in [0.25, 0.3) is 11.7 Å². The van der Waals surface area contributed by atoms with Crippen LogP contribution < -0.4 is 5.73 Å². The predicted octanol–water partition coefficient (Wildman–Crippen LogP) is 3.39. The van der Waals surface area contributed by atoms with Crippen molar-refractivity contribution in [1.29, 1.82) is 0 Å². The molecular formula is C12H18BF8NO2. The van der Waals surface area contributed by atoms with E-state index < -0.39 is 48.0 Å². The molecule has 1 aliphatic heterocycles. The second-order valence-electron chi connectivity index (χ2n) is 7.03. The van der Waals surface area contributed by atoms with Crippen LogP contribution in [-0.2, 0) is 9.47 Å². The molecule has 12 heteroatoms. The van der Waals surface area contributed by atoms with Crippen molar-refractivity contribution in [1.82, 2.24) is 0 Å². The van der Waals surface area contributed by atoms with Crippen LogP contribution in [0.25, 0.3) is 0 Å². The monoisotopic (exact) mass is 371 g/mol. The summed E-state index contributed by atoms with van der Waals surface area (Å²) >= 11 is 0. The summed E-state index contributed by atoms with van der Waals surface area (Å²) in [7, 11) is -0.527. The van der Waals surface area contributed by atoms with E-state index in [9.17, 15) is 26.3 Å². The molecule has 1 rings (SSSR count). The molecule has 0 aliphatic carbocycles. The van der Waals surface area contributed by atoms with E-state index in [1.807, 2.05) is 0 Å². The Hall–Kier alpha value is -0.615. The largest absolute Gasteiger partial charge is 0.453 e. The summed E-state index contributed by atoms with van der Waals surface area (Å²) in [5, 5.41) is 0. The molecule has 2 N–H and O–H groups in total. The molecule has 24 heavy (non-hydrogen) atoms. The number of alkyl halides is 8. The van der Waals surface area contributed by atoms with Gasteiger partial charge in [-0.15, -0.1) is 0 Å². The van der Waals surface area contributed by atoms with Gasteiger partial charge in [0.1, 0.15) is 7.28 Å². The second kappa shape index (κ2) is 5.20. The van der Waals surface area contributed by atoms with Crippen molar-refractivity contribution >= 4 is 7.28 Å². The molecule has 0 aromatic heterocycles. The van der Waals surface area contributed by atoms with Gasteiger partial charge < -0.3 is 5.73 Å². The summed E-state index contributed by atoms with van der Waals surface area (Å²) in [6.07, 6.45) is -12.6. The van der Waals surface area contributed by atoms with Gasteiger partial charge in [-0.1, -0.05) is 27.6 Å². The minimum Gasteiger partial charge on any atom is -0.327 e. The third-order valence-electron chi connectivity index (χ3n) is 4.16. The highest BCUT2D eigenvalue weighted by Crippen LogP contribution is 2.64. The fourth-order valence-corrected chi connectivity index (χ4v) is 2.29. The zero-order valence-corrected chi connectivity index (χ0v) is 13.6. The van der Waals surface area contributed by atoms with Crippen LogP contribution in [0.1, 0.15) is 27.7 Å². The molecule has 0 bridgehead atoms. The minimum atomic E-state index is -6.30. The summed E-state index contributed by atoms with van der Waals surface area (Å²) in [6.45, 7) is 4.53. The minimum absolute atomic E-state index is 0.527. The van der Waals surface area contributed by atoms with E-state index in [2.05, 4.69) is 9.47 Å². The summed E-state index contributed by atoms with van der Waals surface area (Å²) in [4.78, 5) is 0. The maximum absolute atomic E-state index is 15.3. The maximum Gasteiger partial charge on any atom is 0.453 e. The first-order valence-corrected chi connectivity index (χ1v) is 6.93. The molecule has 0 amide bonds. The van der Waals surface area contributed by atoms with Gasteiger partial charge >= 0.3 is 18.1 Å². The SMILES string of the molecule is CBC(C)(N)C1(F)OC(C(F)(F)F)(C(F)(F)F)OC1(F)C(C)(C)C. The van der Waals surface area contributed by atoms with Crippen molar-refractivity contribution < 1.29 is 44.6 Å². The summed E-state index contributed by atoms with van der Waals surface area (Å²) in [5.41, 5.74) is 0.762. The molecule has 1 saturated heterocycles. The second-order valence-corrected chi connectivity index (χ2v) is 7.03. The average molecular weight is 371 g/mol. The third-order valence-corrected chi connectivity index (χ3v) is 4.16. The fraction of sp³-hybridized carbons (Fsp3) is 1.00. The normalized spacial score (nSPS) is 34.1. The first kappa shape index (κ1) is 21.4. The number of nitrogens with two attached hydrogens (primary N) is 1. The van der Waals surface area contributed by atoms with Crippen molar-refractivity contribution in [3.8, 4) is 0 Å². The van der Waals surface area contributed by atoms with Gasteiger partial charge in [-0.3, -0.25) is 9.47 Å². The Bertz CT molecular complexity index is 487. The lowest BCUT2D eigenvalue weighted by atomic mass is 9.55. The Labute approximate surface area is 134 Å². The van der Waals surface area contributed by atoms with E-state index in [0.717, 1.165) is 34.5 Å². The third kappa shape index (κ3) is 2.52. The Kier molecular flexibility index (Phi) is 4.64. The van der Waals surface area contributed by atoms with Crippen LogP contribution in [0.5, 0.6) is 0 Å². The Morgan fingerprint density at radius 2 is 1.12 bits per heavy atom. The van der Waals surface area contributed by atoms with Gasteiger partial charge in [0.15, 0.2) is 0 Å². The lowest BCUT2D eigenvalue weighted by Crippen LogP contribution is -2.70. The lowest BCUT2D eigenvalue weighted by molar-refractivity contribution is -0.461. The Morgan fingerprint density at radius 3 is 1.38 bits per heavy atom. The summed E-state index contributed by atoms with van der Waals surface area (Å²) in [6, 6.07) is 0. The van der Waals surface area contributed by atoms with E-state index in [-0.39, 0.29) is 0 Å². The lowest BCUT2D eigenvalue weighted by Gasteiger charge is -2.46. The van der Waals surface area contributed by atoms with Crippen LogP contribution >= 0.6 is 0 Å². The van der Waals surface area contributed by atoms with E-state index in [4.69, 9.17) is 5.73 Å². The van der Waals surface area contributed by atoms with Gasteiger partial charge in [0.2, 0.25) is 0 Å². The average Bonchev–Trinajstić information content (AvgIpc) is 2.60. The van der Waals surface area contributed by atoms with E-state index in [1.165, 1.54) is 0 Å². The highest BCUT2D eigenvalue weighted by atomic mass is 19.4. The molecule has 0 aromatic carbocycles. The number of hydrogen-bond donors (Lipinski definition) is 1. The van der Waals surface area contributed by atoms with Crippen molar-refractivity contribution in [2.45, 2.75) is 69.8 Å². The molecule has 0 spiro atoms. The van der Waals surface area contributed by atoms with Crippen molar-refractivity contribution in [2.75, 3.05) is 0 Å². The predicted molar refractivity (Wildman–Crippen MR) is 69.7 cm³/mol. The Balaban J connectivity index is 3.80. The molecule has 3 atom stereocenters. The Morgan fingerprint density at radius 1 is 0.792 bits per heavy atom. The molecule has 0 radical (unpaired) electrons. The zero-order valence-electron chi connectivity index (χ0n) is 13.6. The van der Waals surface area contributed by atoms with Crippen molar-refractivity contribution in [2.24, 2.45) is 11.1 Å². The molecule has 142 valence electrons. The fourth-order valence-electron chi connectivity index (χ4n) is 2.29. The quantitative estimate of drug-likeness (QED) is 0.598. The van der Waals surface area contributed by atoms with Crippen LogP contribution in [0.15, 0.2) is 0 Å². The van der Waals surface area contributed by atoms with Gasteiger partial charge in [-0.25, -0.2) is 8.78 Å². The molecular weight excluding hydrogens is 353 g/mol. The first-order valence-electron chi connectivity index (χ1n) is 6.93.